The van der Waals surface area contributed by atoms with Crippen molar-refractivity contribution in [3.63, 3.8) is 0 Å². The Kier molecular flexibility index (Phi) is 6.59. The lowest BCUT2D eigenvalue weighted by molar-refractivity contribution is 0.0436. The summed E-state index contributed by atoms with van der Waals surface area (Å²) < 4.78 is 17.1. The second-order valence-electron chi connectivity index (χ2n) is 6.34. The summed E-state index contributed by atoms with van der Waals surface area (Å²) in [5, 5.41) is 2.93. The second kappa shape index (κ2) is 8.45. The molecule has 1 heterocycles. The van der Waals surface area contributed by atoms with Crippen molar-refractivity contribution >= 4 is 16.8 Å². The van der Waals surface area contributed by atoms with E-state index in [9.17, 15) is 9.00 Å². The van der Waals surface area contributed by atoms with Crippen LogP contribution in [0.4, 0.5) is 4.79 Å². The Labute approximate surface area is 140 Å². The molecule has 0 aromatic heterocycles. The predicted molar refractivity (Wildman–Crippen MR) is 91.8 cm³/mol. The number of hydrogen-bond acceptors (Lipinski definition) is 3. The van der Waals surface area contributed by atoms with Crippen LogP contribution in [0.25, 0.3) is 0 Å². The SMILES string of the molecule is CC(C)CO[C@@H]1CCN(C(=O)NCc2ccc([S@@](C)=O)cc2)C1. The van der Waals surface area contributed by atoms with Gasteiger partial charge in [0.15, 0.2) is 0 Å². The van der Waals surface area contributed by atoms with Crippen LogP contribution in [0.1, 0.15) is 25.8 Å². The number of benzene rings is 1. The minimum Gasteiger partial charge on any atom is -0.376 e. The molecule has 1 aliphatic heterocycles. The number of nitrogens with one attached hydrogen (secondary N) is 1. The number of nitrogens with zero attached hydrogens (tertiary/aromatic N) is 1. The molecule has 0 saturated carbocycles. The van der Waals surface area contributed by atoms with E-state index in [4.69, 9.17) is 4.74 Å². The van der Waals surface area contributed by atoms with Gasteiger partial charge in [0.05, 0.1) is 6.10 Å². The van der Waals surface area contributed by atoms with Crippen LogP contribution in [0.5, 0.6) is 0 Å². The molecule has 1 fully saturated rings. The average molecular weight is 338 g/mol. The topological polar surface area (TPSA) is 58.6 Å². The number of ether oxygens (including phenoxy) is 1. The van der Waals surface area contributed by atoms with Gasteiger partial charge in [-0.05, 0) is 30.0 Å². The normalized spacial score (nSPS) is 19.1. The maximum Gasteiger partial charge on any atom is 0.317 e. The lowest BCUT2D eigenvalue weighted by Gasteiger charge is -2.18. The van der Waals surface area contributed by atoms with Crippen molar-refractivity contribution in [1.29, 1.82) is 0 Å². The maximum atomic E-state index is 12.2. The summed E-state index contributed by atoms with van der Waals surface area (Å²) in [4.78, 5) is 14.8. The first kappa shape index (κ1) is 17.9. The van der Waals surface area contributed by atoms with Gasteiger partial charge < -0.3 is 15.0 Å². The van der Waals surface area contributed by atoms with E-state index in [2.05, 4.69) is 19.2 Å². The fourth-order valence-electron chi connectivity index (χ4n) is 2.47. The largest absolute Gasteiger partial charge is 0.376 e. The molecule has 0 aliphatic carbocycles. The summed E-state index contributed by atoms with van der Waals surface area (Å²) in [6.45, 7) is 6.86. The highest BCUT2D eigenvalue weighted by Gasteiger charge is 2.26. The second-order valence-corrected chi connectivity index (χ2v) is 7.72. The molecule has 0 bridgehead atoms. The van der Waals surface area contributed by atoms with Crippen molar-refractivity contribution in [2.75, 3.05) is 26.0 Å². The van der Waals surface area contributed by atoms with Crippen molar-refractivity contribution in [2.24, 2.45) is 5.92 Å². The Bertz CT molecular complexity index is 545. The monoisotopic (exact) mass is 338 g/mol. The van der Waals surface area contributed by atoms with Gasteiger partial charge in [0.1, 0.15) is 0 Å². The highest BCUT2D eigenvalue weighted by atomic mass is 32.2. The summed E-state index contributed by atoms with van der Waals surface area (Å²) in [5.74, 6) is 0.512. The Morgan fingerprint density at radius 3 is 2.70 bits per heavy atom. The molecule has 0 spiro atoms. The molecule has 1 saturated heterocycles. The molecule has 1 N–H and O–H groups in total. The molecule has 1 aromatic rings. The number of amides is 2. The van der Waals surface area contributed by atoms with Crippen LogP contribution >= 0.6 is 0 Å². The van der Waals surface area contributed by atoms with E-state index in [0.717, 1.165) is 30.0 Å². The smallest absolute Gasteiger partial charge is 0.317 e. The van der Waals surface area contributed by atoms with Gasteiger partial charge in [-0.3, -0.25) is 4.21 Å². The van der Waals surface area contributed by atoms with Crippen LogP contribution in [0.15, 0.2) is 29.2 Å². The Hall–Kier alpha value is -1.40. The van der Waals surface area contributed by atoms with Gasteiger partial charge in [0.2, 0.25) is 0 Å². The standard InChI is InChI=1S/C17H26N2O3S/c1-13(2)12-22-15-8-9-19(11-15)17(20)18-10-14-4-6-16(7-5-14)23(3)21/h4-7,13,15H,8-12H2,1-3H3,(H,18,20)/t15-,23-/m1/s1. The third-order valence-corrected chi connectivity index (χ3v) is 4.73. The van der Waals surface area contributed by atoms with E-state index >= 15 is 0 Å². The summed E-state index contributed by atoms with van der Waals surface area (Å²) in [6, 6.07) is 7.42. The molecule has 5 nitrogen and oxygen atoms in total. The van der Waals surface area contributed by atoms with E-state index in [1.165, 1.54) is 0 Å². The third kappa shape index (κ3) is 5.62. The Morgan fingerprint density at radius 2 is 2.09 bits per heavy atom. The molecule has 6 heteroatoms. The van der Waals surface area contributed by atoms with E-state index in [1.54, 1.807) is 11.2 Å². The zero-order valence-electron chi connectivity index (χ0n) is 14.1. The van der Waals surface area contributed by atoms with Crippen LogP contribution in [-0.2, 0) is 22.1 Å². The average Bonchev–Trinajstić information content (AvgIpc) is 3.00. The lowest BCUT2D eigenvalue weighted by Crippen LogP contribution is -2.38. The quantitative estimate of drug-likeness (QED) is 0.866. The fraction of sp³-hybridized carbons (Fsp3) is 0.588. The molecule has 2 amide bonds. The van der Waals surface area contributed by atoms with E-state index in [0.29, 0.717) is 19.0 Å². The number of hydrogen-bond donors (Lipinski definition) is 1. The minimum absolute atomic E-state index is 0.0520. The lowest BCUT2D eigenvalue weighted by atomic mass is 10.2. The highest BCUT2D eigenvalue weighted by Crippen LogP contribution is 2.14. The van der Waals surface area contributed by atoms with Crippen molar-refractivity contribution in [3.8, 4) is 0 Å². The first-order valence-electron chi connectivity index (χ1n) is 8.02. The van der Waals surface area contributed by atoms with Gasteiger partial charge in [-0.1, -0.05) is 26.0 Å². The summed E-state index contributed by atoms with van der Waals surface area (Å²) >= 11 is 0. The van der Waals surface area contributed by atoms with Gasteiger partial charge in [-0.25, -0.2) is 4.79 Å². The Balaban J connectivity index is 1.76. The van der Waals surface area contributed by atoms with Crippen molar-refractivity contribution in [3.05, 3.63) is 29.8 Å². The van der Waals surface area contributed by atoms with Gasteiger partial charge in [0.25, 0.3) is 0 Å². The number of carbonyl (C=O) groups excluding carboxylic acids is 1. The molecule has 0 unspecified atom stereocenters. The molecular formula is C17H26N2O3S. The zero-order chi connectivity index (χ0) is 16.8. The Morgan fingerprint density at radius 1 is 1.39 bits per heavy atom. The molecular weight excluding hydrogens is 312 g/mol. The summed E-state index contributed by atoms with van der Waals surface area (Å²) in [6.07, 6.45) is 2.71. The molecule has 23 heavy (non-hydrogen) atoms. The van der Waals surface area contributed by atoms with E-state index in [1.807, 2.05) is 24.3 Å². The van der Waals surface area contributed by atoms with E-state index < -0.39 is 10.8 Å². The van der Waals surface area contributed by atoms with Crippen molar-refractivity contribution in [1.82, 2.24) is 10.2 Å². The van der Waals surface area contributed by atoms with Gasteiger partial charge >= 0.3 is 6.03 Å². The molecule has 2 rings (SSSR count). The third-order valence-electron chi connectivity index (χ3n) is 3.80. The number of likely N-dealkylation sites (tertiary alicyclic amines) is 1. The van der Waals surface area contributed by atoms with Crippen LogP contribution in [0.2, 0.25) is 0 Å². The van der Waals surface area contributed by atoms with E-state index in [-0.39, 0.29) is 12.1 Å². The van der Waals surface area contributed by atoms with Crippen LogP contribution in [0, 0.1) is 5.92 Å². The molecule has 128 valence electrons. The summed E-state index contributed by atoms with van der Waals surface area (Å²) in [5.41, 5.74) is 0.999. The molecule has 2 atom stereocenters. The summed E-state index contributed by atoms with van der Waals surface area (Å²) in [7, 11) is -0.971. The van der Waals surface area contributed by atoms with Gasteiger partial charge in [-0.2, -0.15) is 0 Å². The predicted octanol–water partition coefficient (Wildman–Crippen LogP) is 2.38. The van der Waals surface area contributed by atoms with Gasteiger partial charge in [0, 0.05) is 48.2 Å². The molecule has 1 aromatic carbocycles. The maximum absolute atomic E-state index is 12.2. The minimum atomic E-state index is -0.971. The van der Waals surface area contributed by atoms with Crippen LogP contribution in [-0.4, -0.2) is 47.2 Å². The first-order chi connectivity index (χ1) is 11.0. The highest BCUT2D eigenvalue weighted by molar-refractivity contribution is 7.84. The van der Waals surface area contributed by atoms with Crippen molar-refractivity contribution < 1.29 is 13.7 Å². The number of urea groups is 1. The molecule has 1 aliphatic rings. The fourth-order valence-corrected chi connectivity index (χ4v) is 2.99. The first-order valence-corrected chi connectivity index (χ1v) is 9.58. The number of rotatable bonds is 6. The van der Waals surface area contributed by atoms with Gasteiger partial charge in [-0.15, -0.1) is 0 Å². The van der Waals surface area contributed by atoms with Crippen LogP contribution < -0.4 is 5.32 Å². The van der Waals surface area contributed by atoms with Crippen LogP contribution in [0.3, 0.4) is 0 Å². The molecule has 0 radical (unpaired) electrons. The zero-order valence-corrected chi connectivity index (χ0v) is 14.9. The number of carbonyl (C=O) groups is 1. The van der Waals surface area contributed by atoms with Crippen molar-refractivity contribution in [2.45, 2.75) is 37.8 Å².